The molecule has 1 unspecified atom stereocenters. The van der Waals surface area contributed by atoms with Gasteiger partial charge in [0.1, 0.15) is 12.2 Å². The Bertz CT molecular complexity index is 706. The van der Waals surface area contributed by atoms with Crippen molar-refractivity contribution in [1.29, 1.82) is 0 Å². The molecule has 168 valence electrons. The summed E-state index contributed by atoms with van der Waals surface area (Å²) in [5.41, 5.74) is 0.785. The Morgan fingerprint density at radius 3 is 2.67 bits per heavy atom. The third-order valence-electron chi connectivity index (χ3n) is 7.35. The van der Waals surface area contributed by atoms with E-state index in [2.05, 4.69) is 32.1 Å². The summed E-state index contributed by atoms with van der Waals surface area (Å²) in [5, 5.41) is 9.92. The van der Waals surface area contributed by atoms with Crippen molar-refractivity contribution in [3.63, 3.8) is 0 Å². The van der Waals surface area contributed by atoms with Crippen molar-refractivity contribution < 1.29 is 24.2 Å². The Hall–Kier alpha value is -1.62. The highest BCUT2D eigenvalue weighted by atomic mass is 16.6. The van der Waals surface area contributed by atoms with E-state index in [0.717, 1.165) is 25.7 Å². The fourth-order valence-corrected chi connectivity index (χ4v) is 5.08. The van der Waals surface area contributed by atoms with Crippen LogP contribution in [0.3, 0.4) is 0 Å². The average molecular weight is 419 g/mol. The van der Waals surface area contributed by atoms with Crippen LogP contribution >= 0.6 is 0 Å². The molecule has 3 aliphatic rings. The second-order valence-corrected chi connectivity index (χ2v) is 10.3. The molecular formula is C25H38O5. The van der Waals surface area contributed by atoms with Crippen LogP contribution < -0.4 is 0 Å². The number of aliphatic hydroxyl groups excluding tert-OH is 1. The summed E-state index contributed by atoms with van der Waals surface area (Å²) in [5.74, 6) is 0.776. The van der Waals surface area contributed by atoms with E-state index < -0.39 is 11.5 Å². The zero-order valence-electron chi connectivity index (χ0n) is 19.1. The van der Waals surface area contributed by atoms with Gasteiger partial charge in [0.05, 0.1) is 17.9 Å². The molecule has 1 fully saturated rings. The van der Waals surface area contributed by atoms with Gasteiger partial charge in [-0.05, 0) is 62.9 Å². The average Bonchev–Trinajstić information content (AvgIpc) is 2.66. The van der Waals surface area contributed by atoms with Crippen LogP contribution in [0.4, 0.5) is 0 Å². The van der Waals surface area contributed by atoms with Crippen molar-refractivity contribution in [1.82, 2.24) is 0 Å². The number of carbonyl (C=O) groups excluding carboxylic acids is 2. The number of fused-ring (bicyclic) bond motifs is 1. The van der Waals surface area contributed by atoms with Gasteiger partial charge in [-0.2, -0.15) is 0 Å². The van der Waals surface area contributed by atoms with E-state index in [0.29, 0.717) is 24.2 Å². The summed E-state index contributed by atoms with van der Waals surface area (Å²) in [4.78, 5) is 24.6. The van der Waals surface area contributed by atoms with Gasteiger partial charge in [-0.3, -0.25) is 9.59 Å². The number of esters is 2. The van der Waals surface area contributed by atoms with Gasteiger partial charge in [0.25, 0.3) is 0 Å². The molecule has 5 heteroatoms. The van der Waals surface area contributed by atoms with Gasteiger partial charge in [0.15, 0.2) is 0 Å². The van der Waals surface area contributed by atoms with Gasteiger partial charge >= 0.3 is 11.9 Å². The number of rotatable bonds is 6. The summed E-state index contributed by atoms with van der Waals surface area (Å²) in [6, 6.07) is 0. The Balaban J connectivity index is 1.76. The summed E-state index contributed by atoms with van der Waals surface area (Å²) in [6.07, 6.45) is 9.61. The highest BCUT2D eigenvalue weighted by Crippen LogP contribution is 2.45. The lowest BCUT2D eigenvalue weighted by Crippen LogP contribution is -2.43. The van der Waals surface area contributed by atoms with Crippen molar-refractivity contribution in [2.24, 2.45) is 29.1 Å². The standard InChI is InChI=1S/C25H38O5/c1-6-25(4,5)24(28)30-21-12-15(2)11-17-8-7-16(3)20(23(17)21)10-9-19-13-18(26)14-22(27)29-19/h7-8,11,15-16,18-21,23,26H,6,9-10,12-14H2,1-5H3/t15-,16-,18+,19+,20?,21-,23-/m0/s1. The van der Waals surface area contributed by atoms with E-state index in [1.165, 1.54) is 5.57 Å². The fraction of sp³-hybridized carbons (Fsp3) is 0.760. The summed E-state index contributed by atoms with van der Waals surface area (Å²) in [6.45, 7) is 10.3. The third kappa shape index (κ3) is 5.16. The Morgan fingerprint density at radius 1 is 1.27 bits per heavy atom. The first-order valence-electron chi connectivity index (χ1n) is 11.6. The van der Waals surface area contributed by atoms with Crippen molar-refractivity contribution in [2.75, 3.05) is 0 Å². The topological polar surface area (TPSA) is 72.8 Å². The zero-order valence-corrected chi connectivity index (χ0v) is 19.1. The summed E-state index contributed by atoms with van der Waals surface area (Å²) in [7, 11) is 0. The molecule has 5 nitrogen and oxygen atoms in total. The van der Waals surface area contributed by atoms with Crippen molar-refractivity contribution in [2.45, 2.75) is 91.5 Å². The predicted octanol–water partition coefficient (Wildman–Crippen LogP) is 4.59. The quantitative estimate of drug-likeness (QED) is 0.639. The number of cyclic esters (lactones) is 1. The van der Waals surface area contributed by atoms with E-state index in [1.807, 2.05) is 20.8 Å². The van der Waals surface area contributed by atoms with Crippen LogP contribution in [0.15, 0.2) is 23.8 Å². The Kier molecular flexibility index (Phi) is 7.11. The molecule has 0 aromatic heterocycles. The second kappa shape index (κ2) is 9.25. The lowest BCUT2D eigenvalue weighted by molar-refractivity contribution is -0.166. The maximum atomic E-state index is 12.9. The normalized spacial score (nSPS) is 36.5. The minimum absolute atomic E-state index is 0.0949. The van der Waals surface area contributed by atoms with Crippen molar-refractivity contribution >= 4 is 11.9 Å². The van der Waals surface area contributed by atoms with Crippen LogP contribution in [-0.2, 0) is 19.1 Å². The summed E-state index contributed by atoms with van der Waals surface area (Å²) >= 11 is 0. The molecule has 0 bridgehead atoms. The molecule has 0 aromatic rings. The van der Waals surface area contributed by atoms with Crippen LogP contribution in [-0.4, -0.2) is 35.4 Å². The second-order valence-electron chi connectivity index (χ2n) is 10.3. The third-order valence-corrected chi connectivity index (χ3v) is 7.35. The van der Waals surface area contributed by atoms with Crippen LogP contribution in [0.25, 0.3) is 0 Å². The van der Waals surface area contributed by atoms with Crippen LogP contribution in [0, 0.1) is 29.1 Å². The molecule has 0 saturated carbocycles. The number of aliphatic hydroxyl groups is 1. The van der Waals surface area contributed by atoms with Gasteiger partial charge in [-0.15, -0.1) is 0 Å². The molecule has 0 spiro atoms. The van der Waals surface area contributed by atoms with E-state index in [1.54, 1.807) is 0 Å². The van der Waals surface area contributed by atoms with Gasteiger partial charge in [0.2, 0.25) is 0 Å². The van der Waals surface area contributed by atoms with Gasteiger partial charge < -0.3 is 14.6 Å². The monoisotopic (exact) mass is 418 g/mol. The van der Waals surface area contributed by atoms with E-state index in [4.69, 9.17) is 9.47 Å². The first-order chi connectivity index (χ1) is 14.1. The van der Waals surface area contributed by atoms with E-state index >= 15 is 0 Å². The highest BCUT2D eigenvalue weighted by molar-refractivity contribution is 5.76. The molecule has 3 rings (SSSR count). The molecular weight excluding hydrogens is 380 g/mol. The van der Waals surface area contributed by atoms with Crippen molar-refractivity contribution in [3.05, 3.63) is 23.8 Å². The van der Waals surface area contributed by atoms with E-state index in [9.17, 15) is 14.7 Å². The molecule has 0 amide bonds. The van der Waals surface area contributed by atoms with E-state index in [-0.39, 0.29) is 36.5 Å². The molecule has 2 aliphatic carbocycles. The largest absolute Gasteiger partial charge is 0.462 e. The SMILES string of the molecule is CCC(C)(C)C(=O)O[C@H]1C[C@@H](C)C=C2C=C[C@H](C)C(CC[C@@H]3C[C@@H](O)CC(=O)O3)[C@H]21. The van der Waals surface area contributed by atoms with Gasteiger partial charge in [-0.1, -0.05) is 39.0 Å². The first-order valence-corrected chi connectivity index (χ1v) is 11.6. The van der Waals surface area contributed by atoms with Crippen molar-refractivity contribution in [3.8, 4) is 0 Å². The fourth-order valence-electron chi connectivity index (χ4n) is 5.08. The number of hydrogen-bond acceptors (Lipinski definition) is 5. The number of allylic oxidation sites excluding steroid dienone is 3. The lowest BCUT2D eigenvalue weighted by atomic mass is 9.65. The number of hydrogen-bond donors (Lipinski definition) is 1. The minimum atomic E-state index is -0.601. The molecule has 1 aliphatic heterocycles. The molecule has 1 N–H and O–H groups in total. The smallest absolute Gasteiger partial charge is 0.311 e. The number of carbonyl (C=O) groups is 2. The lowest BCUT2D eigenvalue weighted by Gasteiger charge is -2.44. The molecule has 0 aromatic carbocycles. The predicted molar refractivity (Wildman–Crippen MR) is 115 cm³/mol. The Morgan fingerprint density at radius 2 is 2.00 bits per heavy atom. The molecule has 7 atom stereocenters. The molecule has 1 saturated heterocycles. The highest BCUT2D eigenvalue weighted by Gasteiger charge is 2.43. The van der Waals surface area contributed by atoms with Crippen LogP contribution in [0.5, 0.6) is 0 Å². The van der Waals surface area contributed by atoms with Gasteiger partial charge in [0, 0.05) is 12.3 Å². The first kappa shape index (κ1) is 23.1. The van der Waals surface area contributed by atoms with Gasteiger partial charge in [-0.25, -0.2) is 0 Å². The molecule has 0 radical (unpaired) electrons. The summed E-state index contributed by atoms with van der Waals surface area (Å²) < 4.78 is 11.6. The molecule has 30 heavy (non-hydrogen) atoms. The van der Waals surface area contributed by atoms with Crippen LogP contribution in [0.2, 0.25) is 0 Å². The number of ether oxygens (including phenoxy) is 2. The maximum Gasteiger partial charge on any atom is 0.311 e. The molecule has 1 heterocycles. The maximum absolute atomic E-state index is 12.9. The minimum Gasteiger partial charge on any atom is -0.462 e. The Labute approximate surface area is 180 Å². The zero-order chi connectivity index (χ0) is 22.1. The van der Waals surface area contributed by atoms with Crippen LogP contribution in [0.1, 0.15) is 73.1 Å².